The Morgan fingerprint density at radius 2 is 2.00 bits per heavy atom. The minimum Gasteiger partial charge on any atom is -0.343 e. The van der Waals surface area contributed by atoms with Gasteiger partial charge in [0.05, 0.1) is 6.42 Å². The van der Waals surface area contributed by atoms with E-state index in [1.54, 1.807) is 4.90 Å². The van der Waals surface area contributed by atoms with Gasteiger partial charge < -0.3 is 10.2 Å². The molecule has 2 fully saturated rings. The molecule has 2 rings (SSSR count). The summed E-state index contributed by atoms with van der Waals surface area (Å²) < 4.78 is 0. The van der Waals surface area contributed by atoms with Crippen LogP contribution in [-0.4, -0.2) is 41.9 Å². The molecule has 0 aromatic carbocycles. The van der Waals surface area contributed by atoms with Gasteiger partial charge in [0.1, 0.15) is 6.04 Å². The second kappa shape index (κ2) is 3.88. The van der Waals surface area contributed by atoms with Gasteiger partial charge in [0, 0.05) is 13.1 Å². The number of carbonyl (C=O) groups is 3. The van der Waals surface area contributed by atoms with Gasteiger partial charge in [0.2, 0.25) is 5.91 Å². The number of hydrogen-bond donors (Lipinski definition) is 2. The molecular formula is C9H13N3O3. The third-order valence-corrected chi connectivity index (χ3v) is 2.70. The van der Waals surface area contributed by atoms with Crippen LogP contribution in [0.5, 0.6) is 0 Å². The molecule has 0 aromatic heterocycles. The number of hydrogen-bond acceptors (Lipinski definition) is 3. The fraction of sp³-hybridized carbons (Fsp3) is 0.667. The van der Waals surface area contributed by atoms with Crippen LogP contribution in [0.15, 0.2) is 0 Å². The molecule has 2 heterocycles. The molecule has 15 heavy (non-hydrogen) atoms. The molecule has 1 unspecified atom stereocenters. The minimum atomic E-state index is -0.689. The first-order valence-corrected chi connectivity index (χ1v) is 5.06. The van der Waals surface area contributed by atoms with Gasteiger partial charge in [-0.15, -0.1) is 0 Å². The van der Waals surface area contributed by atoms with Crippen molar-refractivity contribution in [3.63, 3.8) is 0 Å². The topological polar surface area (TPSA) is 78.5 Å². The van der Waals surface area contributed by atoms with Crippen LogP contribution in [0.4, 0.5) is 4.79 Å². The second-order valence-corrected chi connectivity index (χ2v) is 3.81. The zero-order valence-electron chi connectivity index (χ0n) is 8.28. The van der Waals surface area contributed by atoms with Gasteiger partial charge in [-0.2, -0.15) is 0 Å². The Kier molecular flexibility index (Phi) is 2.57. The number of nitrogens with one attached hydrogen (secondary N) is 2. The van der Waals surface area contributed by atoms with E-state index in [4.69, 9.17) is 0 Å². The molecule has 0 bridgehead atoms. The molecule has 2 aliphatic rings. The summed E-state index contributed by atoms with van der Waals surface area (Å²) in [5.41, 5.74) is 0. The lowest BCUT2D eigenvalue weighted by Gasteiger charge is -2.16. The lowest BCUT2D eigenvalue weighted by molar-refractivity contribution is -0.133. The lowest BCUT2D eigenvalue weighted by Crippen LogP contribution is -2.37. The molecule has 2 N–H and O–H groups in total. The molecule has 2 aliphatic heterocycles. The highest BCUT2D eigenvalue weighted by atomic mass is 16.2. The zero-order chi connectivity index (χ0) is 10.8. The number of amides is 4. The molecular weight excluding hydrogens is 198 g/mol. The summed E-state index contributed by atoms with van der Waals surface area (Å²) in [5.74, 6) is -0.470. The maximum absolute atomic E-state index is 11.6. The number of imide groups is 1. The number of urea groups is 1. The quantitative estimate of drug-likeness (QED) is 0.587. The van der Waals surface area contributed by atoms with Crippen LogP contribution < -0.4 is 10.6 Å². The van der Waals surface area contributed by atoms with Gasteiger partial charge in [-0.3, -0.25) is 14.9 Å². The number of rotatable bonds is 2. The SMILES string of the molecule is O=C1NC(=O)C(CC(=O)N2CCCC2)N1. The second-order valence-electron chi connectivity index (χ2n) is 3.81. The third kappa shape index (κ3) is 2.08. The maximum Gasteiger partial charge on any atom is 0.322 e. The van der Waals surface area contributed by atoms with Gasteiger partial charge in [0.25, 0.3) is 5.91 Å². The fourth-order valence-corrected chi connectivity index (χ4v) is 1.87. The monoisotopic (exact) mass is 211 g/mol. The average molecular weight is 211 g/mol. The highest BCUT2D eigenvalue weighted by molar-refractivity contribution is 6.05. The minimum absolute atomic E-state index is 0.0603. The van der Waals surface area contributed by atoms with Crippen molar-refractivity contribution in [2.24, 2.45) is 0 Å². The van der Waals surface area contributed by atoms with Gasteiger partial charge in [-0.1, -0.05) is 0 Å². The standard InChI is InChI=1S/C9H13N3O3/c13-7(12-3-1-2-4-12)5-6-8(14)11-9(15)10-6/h6H,1-5H2,(H2,10,11,14,15). The van der Waals surface area contributed by atoms with E-state index in [1.807, 2.05) is 0 Å². The zero-order valence-corrected chi connectivity index (χ0v) is 8.28. The smallest absolute Gasteiger partial charge is 0.322 e. The van der Waals surface area contributed by atoms with Crippen LogP contribution in [0.1, 0.15) is 19.3 Å². The Balaban J connectivity index is 1.88. The first kappa shape index (κ1) is 9.95. The largest absolute Gasteiger partial charge is 0.343 e. The Labute approximate surface area is 87.0 Å². The van der Waals surface area contributed by atoms with Crippen LogP contribution in [0.3, 0.4) is 0 Å². The molecule has 0 spiro atoms. The molecule has 0 radical (unpaired) electrons. The summed E-state index contributed by atoms with van der Waals surface area (Å²) in [6.07, 6.45) is 2.11. The number of nitrogens with zero attached hydrogens (tertiary/aromatic N) is 1. The molecule has 6 heteroatoms. The van der Waals surface area contributed by atoms with Crippen LogP contribution >= 0.6 is 0 Å². The van der Waals surface area contributed by atoms with Crippen LogP contribution in [0, 0.1) is 0 Å². The van der Waals surface area contributed by atoms with Crippen molar-refractivity contribution in [2.45, 2.75) is 25.3 Å². The van der Waals surface area contributed by atoms with Gasteiger partial charge in [-0.05, 0) is 12.8 Å². The molecule has 4 amide bonds. The summed E-state index contributed by atoms with van der Waals surface area (Å²) in [7, 11) is 0. The van der Waals surface area contributed by atoms with Crippen LogP contribution in [0.25, 0.3) is 0 Å². The highest BCUT2D eigenvalue weighted by Crippen LogP contribution is 2.10. The van der Waals surface area contributed by atoms with Crippen molar-refractivity contribution in [3.05, 3.63) is 0 Å². The third-order valence-electron chi connectivity index (χ3n) is 2.70. The van der Waals surface area contributed by atoms with E-state index in [-0.39, 0.29) is 12.3 Å². The van der Waals surface area contributed by atoms with E-state index < -0.39 is 18.0 Å². The first-order valence-electron chi connectivity index (χ1n) is 5.06. The van der Waals surface area contributed by atoms with Crippen molar-refractivity contribution in [1.29, 1.82) is 0 Å². The predicted octanol–water partition coefficient (Wildman–Crippen LogP) is -0.793. The Hall–Kier alpha value is -1.59. The highest BCUT2D eigenvalue weighted by Gasteiger charge is 2.32. The van der Waals surface area contributed by atoms with E-state index >= 15 is 0 Å². The lowest BCUT2D eigenvalue weighted by atomic mass is 10.2. The number of likely N-dealkylation sites (tertiary alicyclic amines) is 1. The normalized spacial score (nSPS) is 25.3. The van der Waals surface area contributed by atoms with Crippen LogP contribution in [0.2, 0.25) is 0 Å². The van der Waals surface area contributed by atoms with E-state index in [1.165, 1.54) is 0 Å². The van der Waals surface area contributed by atoms with Crippen molar-refractivity contribution >= 4 is 17.8 Å². The van der Waals surface area contributed by atoms with E-state index in [9.17, 15) is 14.4 Å². The van der Waals surface area contributed by atoms with Crippen molar-refractivity contribution in [1.82, 2.24) is 15.5 Å². The molecule has 0 saturated carbocycles. The van der Waals surface area contributed by atoms with E-state index in [0.717, 1.165) is 25.9 Å². The van der Waals surface area contributed by atoms with Crippen LogP contribution in [-0.2, 0) is 9.59 Å². The van der Waals surface area contributed by atoms with E-state index in [2.05, 4.69) is 10.6 Å². The van der Waals surface area contributed by atoms with Crippen molar-refractivity contribution < 1.29 is 14.4 Å². The summed E-state index contributed by atoms with van der Waals surface area (Å²) in [6, 6.07) is -1.20. The molecule has 1 atom stereocenters. The van der Waals surface area contributed by atoms with E-state index in [0.29, 0.717) is 0 Å². The Bertz CT molecular complexity index is 310. The van der Waals surface area contributed by atoms with Gasteiger partial charge in [0.15, 0.2) is 0 Å². The van der Waals surface area contributed by atoms with Crippen molar-refractivity contribution in [2.75, 3.05) is 13.1 Å². The molecule has 2 saturated heterocycles. The van der Waals surface area contributed by atoms with Gasteiger partial charge in [-0.25, -0.2) is 4.79 Å². The molecule has 0 aromatic rings. The maximum atomic E-state index is 11.6. The molecule has 0 aliphatic carbocycles. The van der Waals surface area contributed by atoms with Gasteiger partial charge >= 0.3 is 6.03 Å². The molecule has 6 nitrogen and oxygen atoms in total. The average Bonchev–Trinajstić information content (AvgIpc) is 2.76. The summed E-state index contributed by atoms with van der Waals surface area (Å²) >= 11 is 0. The first-order chi connectivity index (χ1) is 7.16. The molecule has 82 valence electrons. The number of carbonyl (C=O) groups excluding carboxylic acids is 3. The summed E-state index contributed by atoms with van der Waals surface area (Å²) in [6.45, 7) is 1.53. The predicted molar refractivity (Wildman–Crippen MR) is 50.9 cm³/mol. The van der Waals surface area contributed by atoms with Crippen molar-refractivity contribution in [3.8, 4) is 0 Å². The Morgan fingerprint density at radius 1 is 1.33 bits per heavy atom. The fourth-order valence-electron chi connectivity index (χ4n) is 1.87. The summed E-state index contributed by atoms with van der Waals surface area (Å²) in [4.78, 5) is 35.4. The Morgan fingerprint density at radius 3 is 2.53 bits per heavy atom. The summed E-state index contributed by atoms with van der Waals surface area (Å²) in [5, 5.41) is 4.51.